The molecule has 4 aliphatic carbocycles. The highest BCUT2D eigenvalue weighted by molar-refractivity contribution is 5.82. The standard InChI is InChI=1S/C22H31N3O2.C2H6O/c1-22-9-8-17-16-5-3-15(26)12-14(16)2-4-18(17)19(22)6-7-20(22)21(27)13-25-23-10-11-24-25;1-3-2/h2,10-11,15-20,26H,3-9,12-13H2,1H3;1-2H3. The van der Waals surface area contributed by atoms with Gasteiger partial charge in [-0.1, -0.05) is 18.6 Å². The predicted molar refractivity (Wildman–Crippen MR) is 115 cm³/mol. The average molecular weight is 416 g/mol. The number of Topliss-reactive ketones (excluding diaryl/α,β-unsaturated/α-hetero) is 1. The number of methoxy groups -OCH3 is 1. The van der Waals surface area contributed by atoms with Crippen LogP contribution >= 0.6 is 0 Å². The number of hydrogen-bond acceptors (Lipinski definition) is 5. The molecular weight excluding hydrogens is 378 g/mol. The van der Waals surface area contributed by atoms with E-state index in [4.69, 9.17) is 0 Å². The second-order valence-corrected chi connectivity index (χ2v) is 10.1. The van der Waals surface area contributed by atoms with Crippen molar-refractivity contribution in [3.8, 4) is 0 Å². The molecule has 1 N–H and O–H groups in total. The molecule has 6 heteroatoms. The molecule has 7 atom stereocenters. The van der Waals surface area contributed by atoms with E-state index in [0.717, 1.165) is 43.9 Å². The fourth-order valence-corrected chi connectivity index (χ4v) is 7.35. The summed E-state index contributed by atoms with van der Waals surface area (Å²) in [6.45, 7) is 2.71. The van der Waals surface area contributed by atoms with E-state index >= 15 is 0 Å². The summed E-state index contributed by atoms with van der Waals surface area (Å²) in [5.74, 6) is 3.35. The lowest BCUT2D eigenvalue weighted by Gasteiger charge is -2.53. The third kappa shape index (κ3) is 3.89. The minimum absolute atomic E-state index is 0.123. The number of rotatable bonds is 3. The first-order chi connectivity index (χ1) is 14.5. The number of ether oxygens (including phenoxy) is 1. The fraction of sp³-hybridized carbons (Fsp3) is 0.792. The molecule has 0 saturated heterocycles. The van der Waals surface area contributed by atoms with E-state index in [0.29, 0.717) is 24.2 Å². The monoisotopic (exact) mass is 415 g/mol. The van der Waals surface area contributed by atoms with Crippen molar-refractivity contribution in [2.45, 2.75) is 70.9 Å². The summed E-state index contributed by atoms with van der Waals surface area (Å²) in [6, 6.07) is 0. The normalized spacial score (nSPS) is 39.7. The molecule has 0 radical (unpaired) electrons. The van der Waals surface area contributed by atoms with Gasteiger partial charge in [-0.2, -0.15) is 15.0 Å². The van der Waals surface area contributed by atoms with Crippen LogP contribution in [-0.4, -0.2) is 46.2 Å². The smallest absolute Gasteiger partial charge is 0.159 e. The van der Waals surface area contributed by atoms with E-state index in [9.17, 15) is 9.90 Å². The first-order valence-electron chi connectivity index (χ1n) is 11.6. The number of aliphatic hydroxyl groups is 1. The van der Waals surface area contributed by atoms with Gasteiger partial charge in [0.2, 0.25) is 0 Å². The van der Waals surface area contributed by atoms with Gasteiger partial charge in [0.25, 0.3) is 0 Å². The summed E-state index contributed by atoms with van der Waals surface area (Å²) in [7, 11) is 3.25. The van der Waals surface area contributed by atoms with Crippen LogP contribution in [0.25, 0.3) is 0 Å². The number of carbonyl (C=O) groups is 1. The third-order valence-corrected chi connectivity index (χ3v) is 8.57. The van der Waals surface area contributed by atoms with Gasteiger partial charge in [-0.3, -0.25) is 4.79 Å². The molecule has 0 amide bonds. The molecule has 30 heavy (non-hydrogen) atoms. The maximum atomic E-state index is 13.1. The number of nitrogens with zero attached hydrogens (tertiary/aromatic N) is 3. The summed E-state index contributed by atoms with van der Waals surface area (Å²) >= 11 is 0. The van der Waals surface area contributed by atoms with E-state index in [1.165, 1.54) is 29.6 Å². The number of hydrogen-bond donors (Lipinski definition) is 1. The number of allylic oxidation sites excluding steroid dienone is 1. The quantitative estimate of drug-likeness (QED) is 0.763. The summed E-state index contributed by atoms with van der Waals surface area (Å²) in [5.41, 5.74) is 1.68. The van der Waals surface area contributed by atoms with Gasteiger partial charge in [-0.25, -0.2) is 0 Å². The van der Waals surface area contributed by atoms with E-state index in [2.05, 4.69) is 27.9 Å². The SMILES string of the molecule is CC12CCC3C4CCC(O)CC4=CCC3C1CCC2C(=O)Cn1nccn1.COC. The van der Waals surface area contributed by atoms with Crippen LogP contribution in [0.2, 0.25) is 0 Å². The molecule has 7 unspecified atom stereocenters. The van der Waals surface area contributed by atoms with Crippen molar-refractivity contribution in [3.63, 3.8) is 0 Å². The van der Waals surface area contributed by atoms with Gasteiger partial charge in [0.05, 0.1) is 18.5 Å². The lowest BCUT2D eigenvalue weighted by molar-refractivity contribution is -0.129. The molecule has 1 aromatic rings. The van der Waals surface area contributed by atoms with Crippen LogP contribution in [0.5, 0.6) is 0 Å². The van der Waals surface area contributed by atoms with Crippen LogP contribution in [0.15, 0.2) is 24.0 Å². The highest BCUT2D eigenvalue weighted by Gasteiger charge is 2.57. The van der Waals surface area contributed by atoms with Gasteiger partial charge in [0.1, 0.15) is 6.54 Å². The lowest BCUT2D eigenvalue weighted by atomic mass is 9.51. The molecule has 0 aromatic carbocycles. The van der Waals surface area contributed by atoms with Gasteiger partial charge >= 0.3 is 0 Å². The second kappa shape index (κ2) is 8.91. The molecular formula is C24H37N3O3. The van der Waals surface area contributed by atoms with Gasteiger partial charge in [0.15, 0.2) is 5.78 Å². The molecule has 1 heterocycles. The number of aliphatic hydroxyl groups excluding tert-OH is 1. The minimum Gasteiger partial charge on any atom is -0.393 e. The Kier molecular flexibility index (Phi) is 6.44. The number of ketones is 1. The molecule has 0 aliphatic heterocycles. The summed E-state index contributed by atoms with van der Waals surface area (Å²) in [4.78, 5) is 14.6. The van der Waals surface area contributed by atoms with E-state index < -0.39 is 0 Å². The van der Waals surface area contributed by atoms with Crippen LogP contribution in [0, 0.1) is 35.0 Å². The summed E-state index contributed by atoms with van der Waals surface area (Å²) in [6.07, 6.45) is 14.5. The Morgan fingerprint density at radius 2 is 1.90 bits per heavy atom. The third-order valence-electron chi connectivity index (χ3n) is 8.57. The molecule has 0 bridgehead atoms. The number of aromatic nitrogens is 3. The van der Waals surface area contributed by atoms with Crippen LogP contribution in [0.4, 0.5) is 0 Å². The van der Waals surface area contributed by atoms with E-state index in [1.807, 2.05) is 0 Å². The summed E-state index contributed by atoms with van der Waals surface area (Å²) < 4.78 is 4.25. The molecule has 4 aliphatic rings. The average Bonchev–Trinajstić information content (AvgIpc) is 3.35. The predicted octanol–water partition coefficient (Wildman–Crippen LogP) is 3.66. The van der Waals surface area contributed by atoms with Gasteiger partial charge in [-0.15, -0.1) is 0 Å². The van der Waals surface area contributed by atoms with Crippen molar-refractivity contribution in [2.24, 2.45) is 35.0 Å². The maximum Gasteiger partial charge on any atom is 0.159 e. The zero-order chi connectivity index (χ0) is 21.3. The lowest BCUT2D eigenvalue weighted by Crippen LogP contribution is -2.47. The zero-order valence-corrected chi connectivity index (χ0v) is 18.7. The topological polar surface area (TPSA) is 77.2 Å². The van der Waals surface area contributed by atoms with Crippen LogP contribution in [-0.2, 0) is 16.1 Å². The van der Waals surface area contributed by atoms with Gasteiger partial charge in [0, 0.05) is 20.1 Å². The Morgan fingerprint density at radius 1 is 1.17 bits per heavy atom. The zero-order valence-electron chi connectivity index (χ0n) is 18.7. The Hall–Kier alpha value is -1.53. The van der Waals surface area contributed by atoms with Gasteiger partial charge in [-0.05, 0) is 80.5 Å². The Balaban J connectivity index is 0.000000687. The van der Waals surface area contributed by atoms with Crippen LogP contribution < -0.4 is 0 Å². The van der Waals surface area contributed by atoms with Crippen molar-refractivity contribution in [3.05, 3.63) is 24.0 Å². The molecule has 166 valence electrons. The highest BCUT2D eigenvalue weighted by Crippen LogP contribution is 2.63. The Bertz CT molecular complexity index is 762. The van der Waals surface area contributed by atoms with Crippen molar-refractivity contribution in [1.29, 1.82) is 0 Å². The molecule has 1 aromatic heterocycles. The second-order valence-electron chi connectivity index (χ2n) is 10.1. The fourth-order valence-electron chi connectivity index (χ4n) is 7.35. The van der Waals surface area contributed by atoms with Crippen LogP contribution in [0.1, 0.15) is 58.3 Å². The molecule has 3 fully saturated rings. The molecule has 6 nitrogen and oxygen atoms in total. The van der Waals surface area contributed by atoms with Crippen molar-refractivity contribution in [2.75, 3.05) is 14.2 Å². The van der Waals surface area contributed by atoms with Crippen LogP contribution in [0.3, 0.4) is 0 Å². The molecule has 5 rings (SSSR count). The van der Waals surface area contributed by atoms with Crippen molar-refractivity contribution in [1.82, 2.24) is 15.0 Å². The molecule has 3 saturated carbocycles. The maximum absolute atomic E-state index is 13.1. The Morgan fingerprint density at radius 3 is 2.63 bits per heavy atom. The minimum atomic E-state index is -0.123. The molecule has 0 spiro atoms. The van der Waals surface area contributed by atoms with E-state index in [1.54, 1.807) is 26.6 Å². The Labute approximate surface area is 180 Å². The first kappa shape index (κ1) is 21.7. The van der Waals surface area contributed by atoms with Crippen molar-refractivity contribution < 1.29 is 14.6 Å². The largest absolute Gasteiger partial charge is 0.393 e. The number of carbonyl (C=O) groups excluding carboxylic acids is 1. The van der Waals surface area contributed by atoms with E-state index in [-0.39, 0.29) is 17.4 Å². The number of fused-ring (bicyclic) bond motifs is 5. The summed E-state index contributed by atoms with van der Waals surface area (Å²) in [5, 5.41) is 18.3. The highest BCUT2D eigenvalue weighted by atomic mass is 16.4. The first-order valence-corrected chi connectivity index (χ1v) is 11.6. The van der Waals surface area contributed by atoms with Gasteiger partial charge < -0.3 is 9.84 Å². The van der Waals surface area contributed by atoms with Crippen molar-refractivity contribution >= 4 is 5.78 Å².